The van der Waals surface area contributed by atoms with E-state index in [1.165, 1.54) is 36.4 Å². The molecule has 0 heterocycles. The molecule has 0 saturated carbocycles. The standard InChI is InChI=1S/C12H15N4O4PS/c13-9-5-7-10(8-6-9)22(18,19)16-11-3-1-2-4-12(11)20-21(14,15)17/h1-8,16H,13H2,(H4,14,15,17). The van der Waals surface area contributed by atoms with Crippen LogP contribution in [0.5, 0.6) is 5.75 Å². The van der Waals surface area contributed by atoms with Crippen LogP contribution >= 0.6 is 7.67 Å². The molecule has 7 N–H and O–H groups in total. The Bertz CT molecular complexity index is 817. The topological polar surface area (TPSA) is 151 Å². The second-order valence-electron chi connectivity index (χ2n) is 4.41. The molecule has 0 radical (unpaired) electrons. The highest BCUT2D eigenvalue weighted by atomic mass is 32.2. The van der Waals surface area contributed by atoms with E-state index in [2.05, 4.69) is 4.72 Å². The van der Waals surface area contributed by atoms with Gasteiger partial charge in [0.15, 0.2) is 5.75 Å². The first kappa shape index (κ1) is 16.3. The summed E-state index contributed by atoms with van der Waals surface area (Å²) in [6.07, 6.45) is 0. The lowest BCUT2D eigenvalue weighted by atomic mass is 10.3. The molecular weight excluding hydrogens is 327 g/mol. The monoisotopic (exact) mass is 342 g/mol. The molecule has 8 nitrogen and oxygen atoms in total. The molecule has 0 unspecified atom stereocenters. The first-order chi connectivity index (χ1) is 10.2. The summed E-state index contributed by atoms with van der Waals surface area (Å²) >= 11 is 0. The van der Waals surface area contributed by atoms with E-state index in [1.54, 1.807) is 12.1 Å². The van der Waals surface area contributed by atoms with Gasteiger partial charge in [-0.2, -0.15) is 0 Å². The van der Waals surface area contributed by atoms with Crippen molar-refractivity contribution >= 4 is 29.1 Å². The Morgan fingerprint density at radius 2 is 1.59 bits per heavy atom. The SMILES string of the molecule is Nc1ccc(S(=O)(=O)Nc2ccccc2OP(N)(N)=O)cc1. The van der Waals surface area contributed by atoms with E-state index in [4.69, 9.17) is 21.3 Å². The molecule has 22 heavy (non-hydrogen) atoms. The average Bonchev–Trinajstić information content (AvgIpc) is 2.39. The van der Waals surface area contributed by atoms with Crippen molar-refractivity contribution in [2.24, 2.45) is 11.0 Å². The maximum atomic E-state index is 12.3. The van der Waals surface area contributed by atoms with Crippen LogP contribution in [0.2, 0.25) is 0 Å². The van der Waals surface area contributed by atoms with Gasteiger partial charge >= 0.3 is 7.67 Å². The van der Waals surface area contributed by atoms with Crippen molar-refractivity contribution in [1.82, 2.24) is 0 Å². The predicted octanol–water partition coefficient (Wildman–Crippen LogP) is 1.47. The summed E-state index contributed by atoms with van der Waals surface area (Å²) in [5.74, 6) is -0.0325. The van der Waals surface area contributed by atoms with Gasteiger partial charge in [-0.25, -0.2) is 24.0 Å². The molecule has 2 aromatic rings. The summed E-state index contributed by atoms with van der Waals surface area (Å²) in [4.78, 5) is 0.0141. The van der Waals surface area contributed by atoms with Gasteiger partial charge in [0.05, 0.1) is 10.6 Å². The Balaban J connectivity index is 2.34. The molecule has 0 fully saturated rings. The fraction of sp³-hybridized carbons (Fsp3) is 0. The smallest absolute Gasteiger partial charge is 0.385 e. The van der Waals surface area contributed by atoms with Gasteiger partial charge in [-0.05, 0) is 36.4 Å². The third-order valence-corrected chi connectivity index (χ3v) is 4.43. The summed E-state index contributed by atoms with van der Waals surface area (Å²) < 4.78 is 43.2. The zero-order valence-electron chi connectivity index (χ0n) is 11.3. The lowest BCUT2D eigenvalue weighted by molar-refractivity contribution is 0.485. The van der Waals surface area contributed by atoms with Crippen LogP contribution in [0.4, 0.5) is 11.4 Å². The minimum absolute atomic E-state index is 0.0141. The van der Waals surface area contributed by atoms with Gasteiger partial charge in [0, 0.05) is 5.69 Å². The second kappa shape index (κ2) is 5.98. The van der Waals surface area contributed by atoms with Crippen LogP contribution in [0.1, 0.15) is 0 Å². The third kappa shape index (κ3) is 4.22. The molecule has 0 amide bonds. The van der Waals surface area contributed by atoms with Crippen molar-refractivity contribution in [3.63, 3.8) is 0 Å². The molecule has 118 valence electrons. The Labute approximate surface area is 127 Å². The summed E-state index contributed by atoms with van der Waals surface area (Å²) in [6.45, 7) is 0. The maximum Gasteiger partial charge on any atom is 0.385 e. The molecule has 0 bridgehead atoms. The Kier molecular flexibility index (Phi) is 4.43. The van der Waals surface area contributed by atoms with E-state index in [1.807, 2.05) is 0 Å². The minimum atomic E-state index is -3.87. The summed E-state index contributed by atoms with van der Waals surface area (Å²) in [5.41, 5.74) is 16.3. The van der Waals surface area contributed by atoms with Crippen LogP contribution in [0.15, 0.2) is 53.4 Å². The van der Waals surface area contributed by atoms with Crippen molar-refractivity contribution < 1.29 is 17.5 Å². The number of anilines is 2. The van der Waals surface area contributed by atoms with Crippen molar-refractivity contribution in [2.75, 3.05) is 10.5 Å². The number of hydrogen-bond acceptors (Lipinski definition) is 5. The van der Waals surface area contributed by atoms with Crippen LogP contribution in [0.25, 0.3) is 0 Å². The van der Waals surface area contributed by atoms with Crippen LogP contribution in [0.3, 0.4) is 0 Å². The number of para-hydroxylation sites is 2. The van der Waals surface area contributed by atoms with E-state index in [-0.39, 0.29) is 16.3 Å². The van der Waals surface area contributed by atoms with E-state index >= 15 is 0 Å². The molecular formula is C12H15N4O4PS. The molecule has 0 aromatic heterocycles. The van der Waals surface area contributed by atoms with Crippen LogP contribution in [0, 0.1) is 0 Å². The van der Waals surface area contributed by atoms with E-state index in [0.717, 1.165) is 0 Å². The van der Waals surface area contributed by atoms with Crippen molar-refractivity contribution in [2.45, 2.75) is 4.90 Å². The quantitative estimate of drug-likeness (QED) is 0.474. The molecule has 0 aliphatic heterocycles. The number of benzene rings is 2. The number of hydrogen-bond donors (Lipinski definition) is 4. The fourth-order valence-corrected chi connectivity index (χ4v) is 3.17. The maximum absolute atomic E-state index is 12.3. The lowest BCUT2D eigenvalue weighted by Gasteiger charge is -2.15. The zero-order valence-corrected chi connectivity index (χ0v) is 13.1. The van der Waals surface area contributed by atoms with Crippen LogP contribution < -0.4 is 26.0 Å². The van der Waals surface area contributed by atoms with Gasteiger partial charge in [0.1, 0.15) is 0 Å². The average molecular weight is 342 g/mol. The number of rotatable bonds is 5. The molecule has 0 aliphatic rings. The van der Waals surface area contributed by atoms with Gasteiger partial charge < -0.3 is 10.3 Å². The minimum Gasteiger partial charge on any atom is -0.420 e. The van der Waals surface area contributed by atoms with Gasteiger partial charge in [0.25, 0.3) is 10.0 Å². The molecule has 0 spiro atoms. The first-order valence-corrected chi connectivity index (χ1v) is 9.26. The van der Waals surface area contributed by atoms with E-state index in [0.29, 0.717) is 5.69 Å². The normalized spacial score (nSPS) is 11.9. The summed E-state index contributed by atoms with van der Waals surface area (Å²) in [7, 11) is -7.67. The largest absolute Gasteiger partial charge is 0.420 e. The highest BCUT2D eigenvalue weighted by molar-refractivity contribution is 7.92. The molecule has 2 rings (SSSR count). The van der Waals surface area contributed by atoms with Gasteiger partial charge in [0.2, 0.25) is 0 Å². The van der Waals surface area contributed by atoms with Gasteiger partial charge in [-0.15, -0.1) is 0 Å². The highest BCUT2D eigenvalue weighted by Crippen LogP contribution is 2.36. The van der Waals surface area contributed by atoms with Gasteiger partial charge in [-0.3, -0.25) is 4.72 Å². The Morgan fingerprint density at radius 1 is 1.00 bits per heavy atom. The first-order valence-electron chi connectivity index (χ1n) is 6.01. The molecule has 0 aliphatic carbocycles. The third-order valence-electron chi connectivity index (χ3n) is 2.56. The summed E-state index contributed by atoms with van der Waals surface area (Å²) in [5, 5.41) is 0. The van der Waals surface area contributed by atoms with E-state index < -0.39 is 17.7 Å². The molecule has 10 heteroatoms. The number of nitrogens with two attached hydrogens (primary N) is 3. The van der Waals surface area contributed by atoms with Crippen molar-refractivity contribution in [1.29, 1.82) is 0 Å². The van der Waals surface area contributed by atoms with Crippen molar-refractivity contribution in [3.8, 4) is 5.75 Å². The number of sulfonamides is 1. The lowest BCUT2D eigenvalue weighted by Crippen LogP contribution is -2.15. The predicted molar refractivity (Wildman–Crippen MR) is 84.7 cm³/mol. The highest BCUT2D eigenvalue weighted by Gasteiger charge is 2.19. The molecule has 0 atom stereocenters. The summed E-state index contributed by atoms with van der Waals surface area (Å²) in [6, 6.07) is 11.6. The number of nitrogen functional groups attached to an aromatic ring is 1. The zero-order chi connectivity index (χ0) is 16.4. The number of nitrogens with one attached hydrogen (secondary N) is 1. The van der Waals surface area contributed by atoms with Gasteiger partial charge in [-0.1, -0.05) is 12.1 Å². The second-order valence-corrected chi connectivity index (χ2v) is 7.56. The fourth-order valence-electron chi connectivity index (χ4n) is 1.63. The van der Waals surface area contributed by atoms with E-state index in [9.17, 15) is 13.0 Å². The van der Waals surface area contributed by atoms with Crippen LogP contribution in [-0.2, 0) is 14.6 Å². The van der Waals surface area contributed by atoms with Crippen molar-refractivity contribution in [3.05, 3.63) is 48.5 Å². The molecule has 2 aromatic carbocycles. The Hall–Kier alpha value is -2.06. The Morgan fingerprint density at radius 3 is 2.18 bits per heavy atom. The molecule has 0 saturated heterocycles. The van der Waals surface area contributed by atoms with Crippen LogP contribution in [-0.4, -0.2) is 8.42 Å².